The van der Waals surface area contributed by atoms with Crippen molar-refractivity contribution in [2.75, 3.05) is 32.6 Å². The highest BCUT2D eigenvalue weighted by molar-refractivity contribution is 6.33. The molecule has 0 radical (unpaired) electrons. The Morgan fingerprint density at radius 2 is 1.92 bits per heavy atom. The number of rotatable bonds is 8. The van der Waals surface area contributed by atoms with E-state index < -0.39 is 5.97 Å². The fourth-order valence-electron chi connectivity index (χ4n) is 2.35. The molecule has 7 heteroatoms. The summed E-state index contributed by atoms with van der Waals surface area (Å²) in [6, 6.07) is 8.59. The van der Waals surface area contributed by atoms with Crippen molar-refractivity contribution >= 4 is 29.2 Å². The Morgan fingerprint density at radius 1 is 1.19 bits per heavy atom. The van der Waals surface area contributed by atoms with Gasteiger partial charge in [0, 0.05) is 31.9 Å². The molecule has 0 aliphatic carbocycles. The average molecular weight is 376 g/mol. The van der Waals surface area contributed by atoms with E-state index in [1.54, 1.807) is 24.5 Å². The molecule has 6 nitrogen and oxygen atoms in total. The van der Waals surface area contributed by atoms with E-state index in [-0.39, 0.29) is 5.91 Å². The van der Waals surface area contributed by atoms with Gasteiger partial charge in [0.15, 0.2) is 0 Å². The molecule has 26 heavy (non-hydrogen) atoms. The number of amides is 1. The first-order valence-corrected chi connectivity index (χ1v) is 8.62. The van der Waals surface area contributed by atoms with Gasteiger partial charge in [0.2, 0.25) is 5.91 Å². The first kappa shape index (κ1) is 19.9. The molecule has 0 aliphatic rings. The minimum absolute atomic E-state index is 0.162. The quantitative estimate of drug-likeness (QED) is 0.718. The zero-order chi connectivity index (χ0) is 18.9. The molecule has 0 spiro atoms. The summed E-state index contributed by atoms with van der Waals surface area (Å²) in [5.74, 6) is -0.641. The number of hydrogen-bond donors (Lipinski definition) is 1. The molecular formula is C19H22ClN3O3. The number of anilines is 1. The fraction of sp³-hybridized carbons (Fsp3) is 0.316. The Kier molecular flexibility index (Phi) is 7.56. The summed E-state index contributed by atoms with van der Waals surface area (Å²) < 4.78 is 4.67. The lowest BCUT2D eigenvalue weighted by atomic mass is 10.2. The van der Waals surface area contributed by atoms with Gasteiger partial charge < -0.3 is 15.0 Å². The van der Waals surface area contributed by atoms with Gasteiger partial charge in [-0.05, 0) is 49.4 Å². The van der Waals surface area contributed by atoms with Crippen molar-refractivity contribution in [1.82, 2.24) is 9.88 Å². The van der Waals surface area contributed by atoms with E-state index in [4.69, 9.17) is 11.6 Å². The Balaban J connectivity index is 1.82. The Hall–Kier alpha value is -2.44. The minimum atomic E-state index is -0.479. The average Bonchev–Trinajstić information content (AvgIpc) is 2.66. The van der Waals surface area contributed by atoms with Crippen molar-refractivity contribution in [1.29, 1.82) is 0 Å². The van der Waals surface area contributed by atoms with Gasteiger partial charge in [0.05, 0.1) is 23.4 Å². The van der Waals surface area contributed by atoms with Crippen molar-refractivity contribution in [3.05, 3.63) is 58.9 Å². The number of aromatic nitrogens is 1. The van der Waals surface area contributed by atoms with E-state index in [2.05, 4.69) is 19.9 Å². The van der Waals surface area contributed by atoms with Crippen LogP contribution in [0.3, 0.4) is 0 Å². The number of nitrogens with one attached hydrogen (secondary N) is 1. The summed E-state index contributed by atoms with van der Waals surface area (Å²) in [5.41, 5.74) is 1.95. The van der Waals surface area contributed by atoms with Crippen LogP contribution in [0.4, 0.5) is 5.69 Å². The number of halogens is 1. The maximum atomic E-state index is 12.2. The van der Waals surface area contributed by atoms with Crippen LogP contribution in [0, 0.1) is 0 Å². The zero-order valence-corrected chi connectivity index (χ0v) is 15.6. The van der Waals surface area contributed by atoms with Gasteiger partial charge in [-0.3, -0.25) is 9.78 Å². The summed E-state index contributed by atoms with van der Waals surface area (Å²) in [6.07, 6.45) is 4.77. The molecular weight excluding hydrogens is 354 g/mol. The SMILES string of the molecule is COC(=O)c1ccc(Cl)c(NC(=O)CCN(C)CCc2ccncc2)c1. The number of carbonyl (C=O) groups excluding carboxylic acids is 2. The number of pyridine rings is 1. The van der Waals surface area contributed by atoms with Crippen molar-refractivity contribution in [2.45, 2.75) is 12.8 Å². The van der Waals surface area contributed by atoms with Gasteiger partial charge in [-0.1, -0.05) is 11.6 Å². The molecule has 0 aliphatic heterocycles. The Morgan fingerprint density at radius 3 is 2.62 bits per heavy atom. The van der Waals surface area contributed by atoms with Crippen LogP contribution < -0.4 is 5.32 Å². The smallest absolute Gasteiger partial charge is 0.337 e. The maximum Gasteiger partial charge on any atom is 0.337 e. The third kappa shape index (κ3) is 6.13. The predicted octanol–water partition coefficient (Wildman–Crippen LogP) is 3.02. The number of esters is 1. The van der Waals surface area contributed by atoms with Gasteiger partial charge in [-0.25, -0.2) is 4.79 Å². The topological polar surface area (TPSA) is 71.5 Å². The summed E-state index contributed by atoms with van der Waals surface area (Å²) in [5, 5.41) is 3.12. The maximum absolute atomic E-state index is 12.2. The monoisotopic (exact) mass is 375 g/mol. The van der Waals surface area contributed by atoms with E-state index in [0.717, 1.165) is 13.0 Å². The lowest BCUT2D eigenvalue weighted by Gasteiger charge is -2.16. The molecule has 1 amide bonds. The number of likely N-dealkylation sites (N-methyl/N-ethyl adjacent to an activating group) is 1. The lowest BCUT2D eigenvalue weighted by Crippen LogP contribution is -2.26. The standard InChI is InChI=1S/C19H22ClN3O3/c1-23(11-7-14-5-9-21-10-6-14)12-8-18(24)22-17-13-15(19(25)26-2)3-4-16(17)20/h3-6,9-10,13H,7-8,11-12H2,1-2H3,(H,22,24). The fourth-order valence-corrected chi connectivity index (χ4v) is 2.52. The second-order valence-electron chi connectivity index (χ2n) is 5.89. The van der Waals surface area contributed by atoms with Crippen LogP contribution in [-0.4, -0.2) is 49.0 Å². The molecule has 1 heterocycles. The molecule has 1 N–H and O–H groups in total. The molecule has 2 aromatic rings. The van der Waals surface area contributed by atoms with Crippen LogP contribution in [0.1, 0.15) is 22.3 Å². The summed E-state index contributed by atoms with van der Waals surface area (Å²) >= 11 is 6.09. The third-order valence-electron chi connectivity index (χ3n) is 3.91. The van der Waals surface area contributed by atoms with Crippen LogP contribution in [-0.2, 0) is 16.0 Å². The number of benzene rings is 1. The van der Waals surface area contributed by atoms with Crippen LogP contribution in [0.5, 0.6) is 0 Å². The Bertz CT molecular complexity index is 753. The predicted molar refractivity (Wildman–Crippen MR) is 101 cm³/mol. The van der Waals surface area contributed by atoms with Crippen LogP contribution in [0.2, 0.25) is 5.02 Å². The molecule has 138 valence electrons. The first-order valence-electron chi connectivity index (χ1n) is 8.24. The summed E-state index contributed by atoms with van der Waals surface area (Å²) in [4.78, 5) is 29.8. The van der Waals surface area contributed by atoms with Crippen LogP contribution >= 0.6 is 11.6 Å². The third-order valence-corrected chi connectivity index (χ3v) is 4.24. The molecule has 2 rings (SSSR count). The molecule has 1 aromatic carbocycles. The van der Waals surface area contributed by atoms with E-state index in [9.17, 15) is 9.59 Å². The Labute approximate surface area is 158 Å². The van der Waals surface area contributed by atoms with Crippen molar-refractivity contribution in [2.24, 2.45) is 0 Å². The van der Waals surface area contributed by atoms with Gasteiger partial charge in [-0.15, -0.1) is 0 Å². The van der Waals surface area contributed by atoms with Crippen LogP contribution in [0.15, 0.2) is 42.7 Å². The largest absolute Gasteiger partial charge is 0.465 e. The van der Waals surface area contributed by atoms with Crippen molar-refractivity contribution < 1.29 is 14.3 Å². The number of hydrogen-bond acceptors (Lipinski definition) is 5. The molecule has 0 saturated heterocycles. The molecule has 0 unspecified atom stereocenters. The second-order valence-corrected chi connectivity index (χ2v) is 6.30. The molecule has 0 bridgehead atoms. The molecule has 0 saturated carbocycles. The van der Waals surface area contributed by atoms with Crippen molar-refractivity contribution in [3.63, 3.8) is 0 Å². The normalized spacial score (nSPS) is 10.6. The summed E-state index contributed by atoms with van der Waals surface area (Å²) in [6.45, 7) is 1.46. The van der Waals surface area contributed by atoms with Gasteiger partial charge >= 0.3 is 5.97 Å². The highest BCUT2D eigenvalue weighted by Gasteiger charge is 2.12. The van der Waals surface area contributed by atoms with Gasteiger partial charge in [0.25, 0.3) is 0 Å². The number of ether oxygens (including phenoxy) is 1. The molecule has 1 aromatic heterocycles. The first-order chi connectivity index (χ1) is 12.5. The van der Waals surface area contributed by atoms with Crippen LogP contribution in [0.25, 0.3) is 0 Å². The highest BCUT2D eigenvalue weighted by atomic mass is 35.5. The number of nitrogens with zero attached hydrogens (tertiary/aromatic N) is 2. The van der Waals surface area contributed by atoms with E-state index in [1.165, 1.54) is 18.7 Å². The van der Waals surface area contributed by atoms with E-state index in [0.29, 0.717) is 29.2 Å². The van der Waals surface area contributed by atoms with Gasteiger partial charge in [-0.2, -0.15) is 0 Å². The lowest BCUT2D eigenvalue weighted by molar-refractivity contribution is -0.116. The van der Waals surface area contributed by atoms with E-state index in [1.807, 2.05) is 19.2 Å². The highest BCUT2D eigenvalue weighted by Crippen LogP contribution is 2.23. The second kappa shape index (κ2) is 9.89. The zero-order valence-electron chi connectivity index (χ0n) is 14.9. The summed E-state index contributed by atoms with van der Waals surface area (Å²) in [7, 11) is 3.27. The van der Waals surface area contributed by atoms with E-state index >= 15 is 0 Å². The molecule has 0 atom stereocenters. The number of carbonyl (C=O) groups is 2. The van der Waals surface area contributed by atoms with Gasteiger partial charge in [0.1, 0.15) is 0 Å². The molecule has 0 fully saturated rings. The number of methoxy groups -OCH3 is 1. The minimum Gasteiger partial charge on any atom is -0.465 e. The van der Waals surface area contributed by atoms with Crippen molar-refractivity contribution in [3.8, 4) is 0 Å².